The summed E-state index contributed by atoms with van der Waals surface area (Å²) >= 11 is 0. The van der Waals surface area contributed by atoms with Gasteiger partial charge in [-0.1, -0.05) is 60.7 Å². The number of esters is 1. The lowest BCUT2D eigenvalue weighted by molar-refractivity contribution is -0.148. The van der Waals surface area contributed by atoms with Crippen LogP contribution in [0.1, 0.15) is 18.1 Å². The average molecular weight is 414 g/mol. The second kappa shape index (κ2) is 11.6. The van der Waals surface area contributed by atoms with E-state index in [1.165, 1.54) is 6.92 Å². The lowest BCUT2D eigenvalue weighted by Crippen LogP contribution is -2.55. The van der Waals surface area contributed by atoms with Crippen molar-refractivity contribution < 1.29 is 29.0 Å². The third-order valence-corrected chi connectivity index (χ3v) is 4.34. The normalized spacial score (nSPS) is 13.4. The molecule has 2 amide bonds. The van der Waals surface area contributed by atoms with Gasteiger partial charge in [0.05, 0.1) is 13.2 Å². The number of methoxy groups -OCH3 is 1. The first-order valence-corrected chi connectivity index (χ1v) is 9.48. The number of aliphatic hydroxyl groups excluding tert-OH is 1. The Hall–Kier alpha value is -3.39. The van der Waals surface area contributed by atoms with E-state index in [0.717, 1.165) is 18.2 Å². The second-order valence-corrected chi connectivity index (χ2v) is 6.70. The van der Waals surface area contributed by atoms with Gasteiger partial charge in [-0.25, -0.2) is 9.59 Å². The van der Waals surface area contributed by atoms with E-state index in [-0.39, 0.29) is 13.0 Å². The fraction of sp³-hybridized carbons (Fsp3) is 0.318. The highest BCUT2D eigenvalue weighted by molar-refractivity contribution is 5.90. The Morgan fingerprint density at radius 2 is 1.50 bits per heavy atom. The molecule has 0 saturated heterocycles. The van der Waals surface area contributed by atoms with Gasteiger partial charge in [0.1, 0.15) is 12.6 Å². The third-order valence-electron chi connectivity index (χ3n) is 4.34. The second-order valence-electron chi connectivity index (χ2n) is 6.70. The number of carbonyl (C=O) groups is 3. The van der Waals surface area contributed by atoms with E-state index in [0.29, 0.717) is 0 Å². The Bertz CT molecular complexity index is 826. The molecule has 3 atom stereocenters. The number of amides is 2. The monoisotopic (exact) mass is 414 g/mol. The number of hydrogen-bond donors (Lipinski definition) is 3. The third kappa shape index (κ3) is 7.21. The smallest absolute Gasteiger partial charge is 0.408 e. The number of alkyl carbamates (subject to hydrolysis) is 1. The zero-order valence-electron chi connectivity index (χ0n) is 16.9. The summed E-state index contributed by atoms with van der Waals surface area (Å²) in [6.45, 7) is 1.40. The van der Waals surface area contributed by atoms with Gasteiger partial charge < -0.3 is 25.2 Å². The van der Waals surface area contributed by atoms with Crippen molar-refractivity contribution in [2.24, 2.45) is 0 Å². The maximum Gasteiger partial charge on any atom is 0.408 e. The topological polar surface area (TPSA) is 114 Å². The van der Waals surface area contributed by atoms with Crippen LogP contribution in [0.15, 0.2) is 60.7 Å². The van der Waals surface area contributed by atoms with Crippen LogP contribution in [0.25, 0.3) is 0 Å². The molecule has 3 N–H and O–H groups in total. The standard InChI is InChI=1S/C22H26N2O6/c1-15(25)19(21(27)29-2)24-20(26)18(13-16-9-5-3-6-10-16)23-22(28)30-14-17-11-7-4-8-12-17/h3-12,15,18-19,25H,13-14H2,1-2H3,(H,23,28)(H,24,26)/t15-,18-,19+/m1/s1. The Balaban J connectivity index is 2.08. The molecule has 8 heteroatoms. The van der Waals surface area contributed by atoms with Gasteiger partial charge in [-0.2, -0.15) is 0 Å². The number of benzene rings is 2. The fourth-order valence-corrected chi connectivity index (χ4v) is 2.72. The predicted octanol–water partition coefficient (Wildman–Crippen LogP) is 1.56. The van der Waals surface area contributed by atoms with Crippen molar-refractivity contribution in [3.05, 3.63) is 71.8 Å². The zero-order valence-corrected chi connectivity index (χ0v) is 16.9. The summed E-state index contributed by atoms with van der Waals surface area (Å²) in [6, 6.07) is 15.9. The van der Waals surface area contributed by atoms with Gasteiger partial charge in [0, 0.05) is 6.42 Å². The molecule has 0 aliphatic heterocycles. The molecule has 0 fully saturated rings. The van der Waals surface area contributed by atoms with E-state index in [4.69, 9.17) is 4.74 Å². The van der Waals surface area contributed by atoms with Gasteiger partial charge in [-0.15, -0.1) is 0 Å². The molecule has 0 aliphatic rings. The zero-order chi connectivity index (χ0) is 21.9. The van der Waals surface area contributed by atoms with Crippen molar-refractivity contribution in [2.45, 2.75) is 38.1 Å². The minimum absolute atomic E-state index is 0.0464. The summed E-state index contributed by atoms with van der Waals surface area (Å²) in [5, 5.41) is 14.8. The van der Waals surface area contributed by atoms with Gasteiger partial charge in [0.15, 0.2) is 6.04 Å². The van der Waals surface area contributed by atoms with Crippen LogP contribution in [0.5, 0.6) is 0 Å². The molecule has 0 aliphatic carbocycles. The van der Waals surface area contributed by atoms with Gasteiger partial charge in [0.25, 0.3) is 0 Å². The minimum Gasteiger partial charge on any atom is -0.467 e. The maximum absolute atomic E-state index is 12.8. The Morgan fingerprint density at radius 3 is 2.03 bits per heavy atom. The lowest BCUT2D eigenvalue weighted by atomic mass is 10.0. The van der Waals surface area contributed by atoms with Crippen LogP contribution in [-0.2, 0) is 32.1 Å². The van der Waals surface area contributed by atoms with E-state index in [1.54, 1.807) is 0 Å². The number of ether oxygens (including phenoxy) is 2. The SMILES string of the molecule is COC(=O)[C@@H](NC(=O)[C@@H](Cc1ccccc1)NC(=O)OCc1ccccc1)[C@@H](C)O. The largest absolute Gasteiger partial charge is 0.467 e. The molecule has 0 radical (unpaired) electrons. The molecule has 0 spiro atoms. The molecule has 0 aromatic heterocycles. The number of carbonyl (C=O) groups excluding carboxylic acids is 3. The first-order valence-electron chi connectivity index (χ1n) is 9.48. The molecular weight excluding hydrogens is 388 g/mol. The summed E-state index contributed by atoms with van der Waals surface area (Å²) < 4.78 is 9.81. The van der Waals surface area contributed by atoms with Gasteiger partial charge in [0.2, 0.25) is 5.91 Å². The molecule has 160 valence electrons. The lowest BCUT2D eigenvalue weighted by Gasteiger charge is -2.23. The van der Waals surface area contributed by atoms with E-state index in [2.05, 4.69) is 15.4 Å². The first-order chi connectivity index (χ1) is 14.4. The summed E-state index contributed by atoms with van der Waals surface area (Å²) in [7, 11) is 1.16. The van der Waals surface area contributed by atoms with Crippen molar-refractivity contribution in [3.8, 4) is 0 Å². The predicted molar refractivity (Wildman–Crippen MR) is 109 cm³/mol. The highest BCUT2D eigenvalue weighted by atomic mass is 16.5. The minimum atomic E-state index is -1.26. The quantitative estimate of drug-likeness (QED) is 0.537. The van der Waals surface area contributed by atoms with Crippen molar-refractivity contribution in [2.75, 3.05) is 7.11 Å². The Labute approximate surface area is 175 Å². The maximum atomic E-state index is 12.8. The summed E-state index contributed by atoms with van der Waals surface area (Å²) in [5.41, 5.74) is 1.60. The number of rotatable bonds is 9. The van der Waals surface area contributed by atoms with E-state index in [9.17, 15) is 19.5 Å². The van der Waals surface area contributed by atoms with E-state index < -0.39 is 36.2 Å². The van der Waals surface area contributed by atoms with Crippen LogP contribution < -0.4 is 10.6 Å². The molecule has 2 rings (SSSR count). The summed E-state index contributed by atoms with van der Waals surface area (Å²) in [4.78, 5) is 36.9. The summed E-state index contributed by atoms with van der Waals surface area (Å²) in [6.07, 6.45) is -1.79. The van der Waals surface area contributed by atoms with Gasteiger partial charge in [-0.05, 0) is 18.1 Å². The number of nitrogens with one attached hydrogen (secondary N) is 2. The van der Waals surface area contributed by atoms with Crippen molar-refractivity contribution in [3.63, 3.8) is 0 Å². The van der Waals surface area contributed by atoms with Crippen LogP contribution in [-0.4, -0.2) is 48.4 Å². The molecule has 2 aromatic rings. The first kappa shape index (κ1) is 22.9. The molecule has 0 unspecified atom stereocenters. The molecule has 0 bridgehead atoms. The van der Waals surface area contributed by atoms with Crippen molar-refractivity contribution >= 4 is 18.0 Å². The average Bonchev–Trinajstić information content (AvgIpc) is 2.76. The Kier molecular flexibility index (Phi) is 8.83. The van der Waals surface area contributed by atoms with E-state index >= 15 is 0 Å². The van der Waals surface area contributed by atoms with Gasteiger partial charge >= 0.3 is 12.1 Å². The van der Waals surface area contributed by atoms with Crippen LogP contribution in [0.4, 0.5) is 4.79 Å². The fourth-order valence-electron chi connectivity index (χ4n) is 2.72. The highest BCUT2D eigenvalue weighted by Crippen LogP contribution is 2.07. The van der Waals surface area contributed by atoms with Crippen molar-refractivity contribution in [1.29, 1.82) is 0 Å². The molecule has 2 aromatic carbocycles. The molecule has 0 heterocycles. The van der Waals surface area contributed by atoms with E-state index in [1.807, 2.05) is 60.7 Å². The molecule has 30 heavy (non-hydrogen) atoms. The van der Waals surface area contributed by atoms with Crippen LogP contribution >= 0.6 is 0 Å². The Morgan fingerprint density at radius 1 is 0.933 bits per heavy atom. The van der Waals surface area contributed by atoms with Crippen molar-refractivity contribution in [1.82, 2.24) is 10.6 Å². The van der Waals surface area contributed by atoms with Crippen LogP contribution in [0, 0.1) is 0 Å². The van der Waals surface area contributed by atoms with Gasteiger partial charge in [-0.3, -0.25) is 4.79 Å². The number of hydrogen-bond acceptors (Lipinski definition) is 6. The molecule has 8 nitrogen and oxygen atoms in total. The molecule has 0 saturated carbocycles. The molecular formula is C22H26N2O6. The summed E-state index contributed by atoms with van der Waals surface area (Å²) in [5.74, 6) is -1.43. The number of aliphatic hydroxyl groups is 1. The van der Waals surface area contributed by atoms with Crippen LogP contribution in [0.3, 0.4) is 0 Å². The van der Waals surface area contributed by atoms with Crippen LogP contribution in [0.2, 0.25) is 0 Å². The highest BCUT2D eigenvalue weighted by Gasteiger charge is 2.30.